The molecule has 1 amide bonds. The quantitative estimate of drug-likeness (QED) is 0.594. The van der Waals surface area contributed by atoms with Gasteiger partial charge < -0.3 is 14.6 Å². The second-order valence-corrected chi connectivity index (χ2v) is 8.81. The van der Waals surface area contributed by atoms with Gasteiger partial charge in [-0.1, -0.05) is 12.1 Å². The van der Waals surface area contributed by atoms with E-state index in [-0.39, 0.29) is 12.5 Å². The molecule has 158 valence electrons. The van der Waals surface area contributed by atoms with E-state index in [1.165, 1.54) is 11.4 Å². The monoisotopic (exact) mass is 428 g/mol. The van der Waals surface area contributed by atoms with E-state index in [4.69, 9.17) is 4.74 Å². The summed E-state index contributed by atoms with van der Waals surface area (Å²) in [7, 11) is -1.85. The Labute approximate surface area is 176 Å². The molecule has 0 aliphatic rings. The number of nitrogens with zero attached hydrogens (tertiary/aromatic N) is 3. The first kappa shape index (κ1) is 21.4. The SMILES string of the molecule is Cc1nccn1-c1ccc(CNC(=O)COc2ccc(N(C)S(C)(=O)=O)cc2)cc1. The molecule has 0 aliphatic heterocycles. The van der Waals surface area contributed by atoms with Crippen LogP contribution in [0.5, 0.6) is 5.75 Å². The van der Waals surface area contributed by atoms with Gasteiger partial charge in [0.05, 0.1) is 11.9 Å². The van der Waals surface area contributed by atoms with Crippen molar-refractivity contribution < 1.29 is 17.9 Å². The molecule has 3 aromatic rings. The third-order valence-corrected chi connectivity index (χ3v) is 5.80. The number of nitrogens with one attached hydrogen (secondary N) is 1. The maximum Gasteiger partial charge on any atom is 0.258 e. The molecule has 3 rings (SSSR count). The fraction of sp³-hybridized carbons (Fsp3) is 0.238. The zero-order valence-corrected chi connectivity index (χ0v) is 17.9. The highest BCUT2D eigenvalue weighted by atomic mass is 32.2. The maximum atomic E-state index is 12.1. The van der Waals surface area contributed by atoms with E-state index in [9.17, 15) is 13.2 Å². The first-order valence-corrected chi connectivity index (χ1v) is 11.1. The van der Waals surface area contributed by atoms with E-state index in [1.54, 1.807) is 30.5 Å². The van der Waals surface area contributed by atoms with Crippen LogP contribution in [0.4, 0.5) is 5.69 Å². The molecule has 2 aromatic carbocycles. The van der Waals surface area contributed by atoms with Crippen LogP contribution in [0.1, 0.15) is 11.4 Å². The smallest absolute Gasteiger partial charge is 0.258 e. The normalized spacial score (nSPS) is 11.2. The molecule has 1 heterocycles. The Morgan fingerprint density at radius 1 is 1.13 bits per heavy atom. The number of aryl methyl sites for hydroxylation is 1. The minimum Gasteiger partial charge on any atom is -0.484 e. The van der Waals surface area contributed by atoms with Crippen LogP contribution < -0.4 is 14.4 Å². The minimum atomic E-state index is -3.32. The van der Waals surface area contributed by atoms with Crippen molar-refractivity contribution in [2.24, 2.45) is 0 Å². The summed E-state index contributed by atoms with van der Waals surface area (Å²) < 4.78 is 31.7. The molecule has 0 unspecified atom stereocenters. The average molecular weight is 429 g/mol. The lowest BCUT2D eigenvalue weighted by Gasteiger charge is -2.16. The largest absolute Gasteiger partial charge is 0.484 e. The Hall–Kier alpha value is -3.33. The molecule has 30 heavy (non-hydrogen) atoms. The molecule has 0 bridgehead atoms. The molecule has 0 spiro atoms. The van der Waals surface area contributed by atoms with Gasteiger partial charge in [-0.3, -0.25) is 9.10 Å². The highest BCUT2D eigenvalue weighted by Gasteiger charge is 2.12. The predicted octanol–water partition coefficient (Wildman–Crippen LogP) is 2.27. The summed E-state index contributed by atoms with van der Waals surface area (Å²) in [4.78, 5) is 16.3. The van der Waals surface area contributed by atoms with Gasteiger partial charge in [-0.15, -0.1) is 0 Å². The third-order valence-electron chi connectivity index (χ3n) is 4.60. The number of carbonyl (C=O) groups excluding carboxylic acids is 1. The number of hydrogen-bond donors (Lipinski definition) is 1. The number of ether oxygens (including phenoxy) is 1. The molecule has 9 heteroatoms. The predicted molar refractivity (Wildman–Crippen MR) is 115 cm³/mol. The fourth-order valence-electron chi connectivity index (χ4n) is 2.77. The number of anilines is 1. The molecule has 1 N–H and O–H groups in total. The number of sulfonamides is 1. The van der Waals surface area contributed by atoms with Gasteiger partial charge in [-0.05, 0) is 48.9 Å². The Morgan fingerprint density at radius 2 is 1.80 bits per heavy atom. The number of aromatic nitrogens is 2. The van der Waals surface area contributed by atoms with Crippen molar-refractivity contribution in [3.05, 3.63) is 72.3 Å². The van der Waals surface area contributed by atoms with E-state index in [1.807, 2.05) is 42.0 Å². The Bertz CT molecular complexity index is 1110. The summed E-state index contributed by atoms with van der Waals surface area (Å²) in [6, 6.07) is 14.3. The van der Waals surface area contributed by atoms with Crippen LogP contribution in [0.25, 0.3) is 5.69 Å². The molecule has 8 nitrogen and oxygen atoms in total. The van der Waals surface area contributed by atoms with Crippen molar-refractivity contribution in [3.8, 4) is 11.4 Å². The van der Waals surface area contributed by atoms with Gasteiger partial charge in [0.1, 0.15) is 11.6 Å². The van der Waals surface area contributed by atoms with Gasteiger partial charge in [-0.2, -0.15) is 0 Å². The van der Waals surface area contributed by atoms with Gasteiger partial charge >= 0.3 is 0 Å². The lowest BCUT2D eigenvalue weighted by atomic mass is 10.2. The first-order valence-electron chi connectivity index (χ1n) is 9.27. The van der Waals surface area contributed by atoms with Crippen molar-refractivity contribution in [3.63, 3.8) is 0 Å². The van der Waals surface area contributed by atoms with Crippen molar-refractivity contribution >= 4 is 21.6 Å². The summed E-state index contributed by atoms with van der Waals surface area (Å²) in [6.07, 6.45) is 4.78. The van der Waals surface area contributed by atoms with Gasteiger partial charge in [0.25, 0.3) is 5.91 Å². The van der Waals surface area contributed by atoms with E-state index < -0.39 is 10.0 Å². The average Bonchev–Trinajstić information content (AvgIpc) is 3.16. The highest BCUT2D eigenvalue weighted by Crippen LogP contribution is 2.20. The van der Waals surface area contributed by atoms with Crippen LogP contribution >= 0.6 is 0 Å². The molecule has 0 saturated carbocycles. The molecule has 1 aromatic heterocycles. The number of rotatable bonds is 8. The van der Waals surface area contributed by atoms with Crippen LogP contribution in [0.3, 0.4) is 0 Å². The third kappa shape index (κ3) is 5.38. The zero-order valence-electron chi connectivity index (χ0n) is 17.1. The van der Waals surface area contributed by atoms with Crippen LogP contribution in [0.2, 0.25) is 0 Å². The van der Waals surface area contributed by atoms with Crippen molar-refractivity contribution in [1.29, 1.82) is 0 Å². The molecule has 0 aliphatic carbocycles. The Kier molecular flexibility index (Phi) is 6.41. The van der Waals surface area contributed by atoms with Crippen LogP contribution in [-0.4, -0.2) is 43.8 Å². The molecule has 0 radical (unpaired) electrons. The van der Waals surface area contributed by atoms with Gasteiger partial charge in [0.15, 0.2) is 6.61 Å². The fourth-order valence-corrected chi connectivity index (χ4v) is 3.27. The molecular formula is C21H24N4O4S. The van der Waals surface area contributed by atoms with Gasteiger partial charge in [0, 0.05) is 31.7 Å². The zero-order chi connectivity index (χ0) is 21.7. The lowest BCUT2D eigenvalue weighted by molar-refractivity contribution is -0.123. The van der Waals surface area contributed by atoms with E-state index in [2.05, 4.69) is 10.3 Å². The van der Waals surface area contributed by atoms with Crippen molar-refractivity contribution in [2.75, 3.05) is 24.2 Å². The first-order chi connectivity index (χ1) is 14.2. The van der Waals surface area contributed by atoms with E-state index in [0.717, 1.165) is 23.3 Å². The highest BCUT2D eigenvalue weighted by molar-refractivity contribution is 7.92. The Morgan fingerprint density at radius 3 is 2.37 bits per heavy atom. The van der Waals surface area contributed by atoms with Crippen molar-refractivity contribution in [1.82, 2.24) is 14.9 Å². The summed E-state index contributed by atoms with van der Waals surface area (Å²) >= 11 is 0. The summed E-state index contributed by atoms with van der Waals surface area (Å²) in [5.41, 5.74) is 2.50. The van der Waals surface area contributed by atoms with Crippen LogP contribution in [-0.2, 0) is 21.4 Å². The number of amides is 1. The van der Waals surface area contributed by atoms with E-state index in [0.29, 0.717) is 18.0 Å². The molecule has 0 fully saturated rings. The second-order valence-electron chi connectivity index (χ2n) is 6.80. The number of carbonyl (C=O) groups is 1. The summed E-state index contributed by atoms with van der Waals surface area (Å²) in [5.74, 6) is 1.14. The topological polar surface area (TPSA) is 93.5 Å². The van der Waals surface area contributed by atoms with Gasteiger partial charge in [-0.25, -0.2) is 13.4 Å². The van der Waals surface area contributed by atoms with Crippen molar-refractivity contribution in [2.45, 2.75) is 13.5 Å². The maximum absolute atomic E-state index is 12.1. The molecular weight excluding hydrogens is 404 g/mol. The molecule has 0 atom stereocenters. The summed E-state index contributed by atoms with van der Waals surface area (Å²) in [6.45, 7) is 2.20. The standard InChI is InChI=1S/C21H24N4O4S/c1-16-22-12-13-25(16)19-6-4-17(5-7-19)14-23-21(26)15-29-20-10-8-18(9-11-20)24(2)30(3,27)28/h4-13H,14-15H2,1-3H3,(H,23,26). The Balaban J connectivity index is 1.47. The summed E-state index contributed by atoms with van der Waals surface area (Å²) in [5, 5.41) is 2.81. The van der Waals surface area contributed by atoms with Crippen LogP contribution in [0.15, 0.2) is 60.9 Å². The van der Waals surface area contributed by atoms with E-state index >= 15 is 0 Å². The number of benzene rings is 2. The number of imidazole rings is 1. The minimum absolute atomic E-state index is 0.131. The lowest BCUT2D eigenvalue weighted by Crippen LogP contribution is -2.28. The van der Waals surface area contributed by atoms with Gasteiger partial charge in [0.2, 0.25) is 10.0 Å². The number of hydrogen-bond acceptors (Lipinski definition) is 5. The molecule has 0 saturated heterocycles. The second kappa shape index (κ2) is 9.00. The van der Waals surface area contributed by atoms with Crippen LogP contribution in [0, 0.1) is 6.92 Å².